The number of nitrogens with zero attached hydrogens (tertiary/aromatic N) is 2. The van der Waals surface area contributed by atoms with Crippen LogP contribution >= 0.6 is 11.3 Å². The molecule has 1 fully saturated rings. The van der Waals surface area contributed by atoms with Crippen LogP contribution in [-0.4, -0.2) is 35.2 Å². The molecule has 0 N–H and O–H groups in total. The van der Waals surface area contributed by atoms with Gasteiger partial charge in [-0.1, -0.05) is 18.1 Å². The lowest BCUT2D eigenvalue weighted by molar-refractivity contribution is -0.140. The molecule has 3 rings (SSSR count). The average molecular weight is 334 g/mol. The summed E-state index contributed by atoms with van der Waals surface area (Å²) in [6.07, 6.45) is 4.43. The fraction of sp³-hybridized carbons (Fsp3) is 0.529. The first-order valence-corrected chi connectivity index (χ1v) is 9.02. The van der Waals surface area contributed by atoms with Gasteiger partial charge >= 0.3 is 0 Å². The Morgan fingerprint density at radius 3 is 3.22 bits per heavy atom. The molecule has 5 nitrogen and oxygen atoms in total. The molecule has 0 radical (unpaired) electrons. The van der Waals surface area contributed by atoms with Crippen molar-refractivity contribution in [1.29, 1.82) is 0 Å². The van der Waals surface area contributed by atoms with E-state index in [0.29, 0.717) is 18.3 Å². The molecule has 0 saturated carbocycles. The Hall–Kier alpha value is -1.66. The zero-order valence-corrected chi connectivity index (χ0v) is 14.2. The Kier molecular flexibility index (Phi) is 5.46. The number of piperidine rings is 1. The standard InChI is InChI=1S/C17H22N2O3S/c1-2-14-6-3-4-8-19(14)17(20)12-21-11-13-10-15(22-18-13)16-7-5-9-23-16/h5,7,9-10,14H,2-4,6,8,11-12H2,1H3. The van der Waals surface area contributed by atoms with Gasteiger partial charge < -0.3 is 14.2 Å². The fourth-order valence-electron chi connectivity index (χ4n) is 2.99. The molecule has 1 saturated heterocycles. The Labute approximate surface area is 140 Å². The van der Waals surface area contributed by atoms with Crippen LogP contribution in [0.5, 0.6) is 0 Å². The van der Waals surface area contributed by atoms with Gasteiger partial charge in [0.25, 0.3) is 0 Å². The van der Waals surface area contributed by atoms with E-state index < -0.39 is 0 Å². The summed E-state index contributed by atoms with van der Waals surface area (Å²) in [4.78, 5) is 15.3. The molecular formula is C17H22N2O3S. The van der Waals surface area contributed by atoms with Crippen LogP contribution in [0.25, 0.3) is 10.6 Å². The summed E-state index contributed by atoms with van der Waals surface area (Å²) in [5, 5.41) is 5.99. The van der Waals surface area contributed by atoms with E-state index in [1.807, 2.05) is 28.5 Å². The number of ether oxygens (including phenoxy) is 1. The Morgan fingerprint density at radius 1 is 1.52 bits per heavy atom. The second kappa shape index (κ2) is 7.75. The quantitative estimate of drug-likeness (QED) is 0.808. The third-order valence-corrected chi connectivity index (χ3v) is 5.10. The smallest absolute Gasteiger partial charge is 0.248 e. The number of carbonyl (C=O) groups is 1. The first-order valence-electron chi connectivity index (χ1n) is 8.14. The summed E-state index contributed by atoms with van der Waals surface area (Å²) < 4.78 is 10.9. The van der Waals surface area contributed by atoms with Crippen molar-refractivity contribution in [1.82, 2.24) is 10.1 Å². The van der Waals surface area contributed by atoms with Crippen molar-refractivity contribution in [2.75, 3.05) is 13.2 Å². The molecular weight excluding hydrogens is 312 g/mol. The molecule has 124 valence electrons. The number of hydrogen-bond donors (Lipinski definition) is 0. The van der Waals surface area contributed by atoms with Crippen LogP contribution < -0.4 is 0 Å². The molecule has 0 bridgehead atoms. The predicted octanol–water partition coefficient (Wildman–Crippen LogP) is 3.71. The van der Waals surface area contributed by atoms with Crippen LogP contribution in [0.4, 0.5) is 0 Å². The molecule has 6 heteroatoms. The highest BCUT2D eigenvalue weighted by Gasteiger charge is 2.25. The van der Waals surface area contributed by atoms with Crippen LogP contribution in [0.3, 0.4) is 0 Å². The highest BCUT2D eigenvalue weighted by Crippen LogP contribution is 2.25. The first-order chi connectivity index (χ1) is 11.3. The summed E-state index contributed by atoms with van der Waals surface area (Å²) >= 11 is 1.60. The molecule has 0 spiro atoms. The Morgan fingerprint density at radius 2 is 2.43 bits per heavy atom. The van der Waals surface area contributed by atoms with Crippen molar-refractivity contribution in [3.05, 3.63) is 29.3 Å². The maximum atomic E-state index is 12.3. The largest absolute Gasteiger partial charge is 0.365 e. The second-order valence-electron chi connectivity index (χ2n) is 5.80. The van der Waals surface area contributed by atoms with E-state index in [1.165, 1.54) is 6.42 Å². The maximum absolute atomic E-state index is 12.3. The normalized spacial score (nSPS) is 18.3. The number of likely N-dealkylation sites (tertiary alicyclic amines) is 1. The van der Waals surface area contributed by atoms with Crippen LogP contribution in [0.2, 0.25) is 0 Å². The van der Waals surface area contributed by atoms with Gasteiger partial charge in [-0.15, -0.1) is 11.3 Å². The number of hydrogen-bond acceptors (Lipinski definition) is 5. The molecule has 23 heavy (non-hydrogen) atoms. The molecule has 2 aromatic heterocycles. The van der Waals surface area contributed by atoms with Crippen molar-refractivity contribution >= 4 is 17.2 Å². The molecule has 0 aromatic carbocycles. The van der Waals surface area contributed by atoms with Crippen LogP contribution in [-0.2, 0) is 16.1 Å². The van der Waals surface area contributed by atoms with E-state index in [-0.39, 0.29) is 12.5 Å². The van der Waals surface area contributed by atoms with E-state index in [4.69, 9.17) is 9.26 Å². The summed E-state index contributed by atoms with van der Waals surface area (Å²) in [7, 11) is 0. The van der Waals surface area contributed by atoms with Crippen molar-refractivity contribution < 1.29 is 14.1 Å². The zero-order valence-electron chi connectivity index (χ0n) is 13.4. The zero-order chi connectivity index (χ0) is 16.1. The van der Waals surface area contributed by atoms with Gasteiger partial charge in [0.05, 0.1) is 11.5 Å². The number of aromatic nitrogens is 1. The monoisotopic (exact) mass is 334 g/mol. The van der Waals surface area contributed by atoms with Gasteiger partial charge in [0.15, 0.2) is 5.76 Å². The summed E-state index contributed by atoms with van der Waals surface area (Å²) in [6.45, 7) is 3.40. The van der Waals surface area contributed by atoms with Gasteiger partial charge in [0, 0.05) is 18.7 Å². The van der Waals surface area contributed by atoms with Crippen LogP contribution in [0.15, 0.2) is 28.1 Å². The van der Waals surface area contributed by atoms with Gasteiger partial charge in [0.1, 0.15) is 12.3 Å². The molecule has 1 aliphatic heterocycles. The van der Waals surface area contributed by atoms with Crippen molar-refractivity contribution in [3.8, 4) is 10.6 Å². The average Bonchev–Trinajstić information content (AvgIpc) is 3.26. The highest BCUT2D eigenvalue weighted by molar-refractivity contribution is 7.13. The van der Waals surface area contributed by atoms with Gasteiger partial charge in [-0.05, 0) is 37.1 Å². The number of carbonyl (C=O) groups excluding carboxylic acids is 1. The molecule has 1 atom stereocenters. The van der Waals surface area contributed by atoms with Crippen molar-refractivity contribution in [2.24, 2.45) is 0 Å². The van der Waals surface area contributed by atoms with E-state index in [0.717, 1.165) is 36.4 Å². The number of rotatable bonds is 6. The Bertz CT molecular complexity index is 624. The molecule has 3 heterocycles. The highest BCUT2D eigenvalue weighted by atomic mass is 32.1. The SMILES string of the molecule is CCC1CCCCN1C(=O)COCc1cc(-c2cccs2)on1. The van der Waals surface area contributed by atoms with Crippen LogP contribution in [0, 0.1) is 0 Å². The Balaban J connectivity index is 1.48. The summed E-state index contributed by atoms with van der Waals surface area (Å²) in [6, 6.07) is 6.20. The third kappa shape index (κ3) is 4.00. The number of amides is 1. The van der Waals surface area contributed by atoms with E-state index >= 15 is 0 Å². The lowest BCUT2D eigenvalue weighted by Crippen LogP contribution is -2.45. The molecule has 2 aromatic rings. The molecule has 1 unspecified atom stereocenters. The second-order valence-corrected chi connectivity index (χ2v) is 6.75. The van der Waals surface area contributed by atoms with Crippen molar-refractivity contribution in [3.63, 3.8) is 0 Å². The summed E-state index contributed by atoms with van der Waals surface area (Å²) in [5.41, 5.74) is 0.715. The van der Waals surface area contributed by atoms with E-state index in [9.17, 15) is 4.79 Å². The lowest BCUT2D eigenvalue weighted by Gasteiger charge is -2.35. The molecule has 1 amide bonds. The minimum atomic E-state index is 0.0820. The topological polar surface area (TPSA) is 55.6 Å². The van der Waals surface area contributed by atoms with Crippen molar-refractivity contribution in [2.45, 2.75) is 45.3 Å². The first kappa shape index (κ1) is 16.2. The minimum absolute atomic E-state index is 0.0820. The summed E-state index contributed by atoms with van der Waals surface area (Å²) in [5.74, 6) is 0.825. The van der Waals surface area contributed by atoms with Gasteiger partial charge in [0.2, 0.25) is 5.91 Å². The van der Waals surface area contributed by atoms with Gasteiger partial charge in [-0.25, -0.2) is 0 Å². The fourth-order valence-corrected chi connectivity index (χ4v) is 3.67. The molecule has 1 aliphatic rings. The molecule has 0 aliphatic carbocycles. The predicted molar refractivity (Wildman–Crippen MR) is 89.1 cm³/mol. The lowest BCUT2D eigenvalue weighted by atomic mass is 10.00. The van der Waals surface area contributed by atoms with E-state index in [2.05, 4.69) is 12.1 Å². The minimum Gasteiger partial charge on any atom is -0.365 e. The third-order valence-electron chi connectivity index (χ3n) is 4.22. The maximum Gasteiger partial charge on any atom is 0.248 e. The van der Waals surface area contributed by atoms with E-state index in [1.54, 1.807) is 11.3 Å². The van der Waals surface area contributed by atoms with Gasteiger partial charge in [-0.3, -0.25) is 4.79 Å². The number of thiophene rings is 1. The van der Waals surface area contributed by atoms with Crippen LogP contribution in [0.1, 0.15) is 38.3 Å². The van der Waals surface area contributed by atoms with Gasteiger partial charge in [-0.2, -0.15) is 0 Å².